The first kappa shape index (κ1) is 15.6. The summed E-state index contributed by atoms with van der Waals surface area (Å²) in [5.41, 5.74) is 0.929. The van der Waals surface area contributed by atoms with E-state index in [9.17, 15) is 14.7 Å². The number of likely N-dealkylation sites (tertiary alicyclic amines) is 1. The number of nitrogens with zero attached hydrogens (tertiary/aromatic N) is 1. The molecule has 0 aliphatic carbocycles. The summed E-state index contributed by atoms with van der Waals surface area (Å²) < 4.78 is 10.9. The molecule has 1 N–H and O–H groups in total. The van der Waals surface area contributed by atoms with Gasteiger partial charge in [0.2, 0.25) is 5.91 Å². The molecule has 2 atom stereocenters. The summed E-state index contributed by atoms with van der Waals surface area (Å²) in [6.45, 7) is 0.804. The van der Waals surface area contributed by atoms with Crippen LogP contribution in [-0.4, -0.2) is 48.2 Å². The molecule has 2 unspecified atom stereocenters. The summed E-state index contributed by atoms with van der Waals surface area (Å²) in [6, 6.07) is 4.84. The lowest BCUT2D eigenvalue weighted by Gasteiger charge is -2.36. The van der Waals surface area contributed by atoms with E-state index in [2.05, 4.69) is 0 Å². The number of aliphatic carboxylic acids is 1. The van der Waals surface area contributed by atoms with Crippen molar-refractivity contribution in [3.63, 3.8) is 0 Å². The fraction of sp³-hybridized carbons (Fsp3) is 0.529. The predicted octanol–water partition coefficient (Wildman–Crippen LogP) is 1.71. The predicted molar refractivity (Wildman–Crippen MR) is 82.7 cm³/mol. The van der Waals surface area contributed by atoms with Gasteiger partial charge in [0.25, 0.3) is 0 Å². The molecule has 6 nitrogen and oxygen atoms in total. The molecule has 2 aliphatic heterocycles. The molecule has 6 heteroatoms. The van der Waals surface area contributed by atoms with E-state index in [1.54, 1.807) is 7.11 Å². The van der Waals surface area contributed by atoms with Gasteiger partial charge in [0.15, 0.2) is 0 Å². The maximum absolute atomic E-state index is 12.8. The number of fused-ring (bicyclic) bond motifs is 1. The van der Waals surface area contributed by atoms with Crippen LogP contribution in [-0.2, 0) is 16.0 Å². The molecular weight excluding hydrogens is 298 g/mol. The zero-order valence-corrected chi connectivity index (χ0v) is 13.2. The third kappa shape index (κ3) is 3.11. The van der Waals surface area contributed by atoms with Crippen LogP contribution in [0.25, 0.3) is 0 Å². The molecule has 1 amide bonds. The second-order valence-corrected chi connectivity index (χ2v) is 6.07. The number of piperidine rings is 1. The Morgan fingerprint density at radius 1 is 1.35 bits per heavy atom. The van der Waals surface area contributed by atoms with Gasteiger partial charge in [-0.3, -0.25) is 4.79 Å². The first-order valence-electron chi connectivity index (χ1n) is 7.93. The second kappa shape index (κ2) is 6.48. The number of hydrogen-bond acceptors (Lipinski definition) is 4. The average molecular weight is 319 g/mol. The lowest BCUT2D eigenvalue weighted by atomic mass is 9.93. The van der Waals surface area contributed by atoms with Gasteiger partial charge in [-0.1, -0.05) is 0 Å². The van der Waals surface area contributed by atoms with Crippen molar-refractivity contribution in [3.8, 4) is 11.5 Å². The number of carboxylic acids is 1. The molecule has 1 fully saturated rings. The molecule has 2 aliphatic rings. The summed E-state index contributed by atoms with van der Waals surface area (Å²) in [7, 11) is 1.60. The molecule has 23 heavy (non-hydrogen) atoms. The van der Waals surface area contributed by atoms with Gasteiger partial charge in [0, 0.05) is 6.54 Å². The minimum Gasteiger partial charge on any atom is -0.497 e. The van der Waals surface area contributed by atoms with E-state index in [1.807, 2.05) is 18.2 Å². The maximum Gasteiger partial charge on any atom is 0.326 e. The molecule has 1 aromatic carbocycles. The van der Waals surface area contributed by atoms with Crippen LogP contribution >= 0.6 is 0 Å². The number of rotatable bonds is 3. The van der Waals surface area contributed by atoms with Crippen molar-refractivity contribution in [2.75, 3.05) is 20.3 Å². The summed E-state index contributed by atoms with van der Waals surface area (Å²) in [5.74, 6) is 0.113. The Morgan fingerprint density at radius 2 is 2.17 bits per heavy atom. The highest BCUT2D eigenvalue weighted by molar-refractivity contribution is 5.85. The lowest BCUT2D eigenvalue weighted by Crippen LogP contribution is -2.51. The molecule has 3 rings (SSSR count). The molecule has 124 valence electrons. The van der Waals surface area contributed by atoms with Crippen molar-refractivity contribution in [2.24, 2.45) is 5.92 Å². The standard InChI is InChI=1S/C17H21NO5/c1-22-13-5-6-15-11(9-13)8-12(10-23-15)16(19)18-7-3-2-4-14(18)17(20)21/h5-6,9,12,14H,2-4,7-8,10H2,1H3,(H,20,21). The van der Waals surface area contributed by atoms with Crippen LogP contribution in [0.2, 0.25) is 0 Å². The van der Waals surface area contributed by atoms with Crippen molar-refractivity contribution < 1.29 is 24.2 Å². The number of benzene rings is 1. The number of methoxy groups -OCH3 is 1. The summed E-state index contributed by atoms with van der Waals surface area (Å²) >= 11 is 0. The van der Waals surface area contributed by atoms with Gasteiger partial charge in [0.05, 0.1) is 13.0 Å². The third-order valence-corrected chi connectivity index (χ3v) is 4.59. The number of amides is 1. The van der Waals surface area contributed by atoms with E-state index >= 15 is 0 Å². The van der Waals surface area contributed by atoms with Gasteiger partial charge in [-0.25, -0.2) is 4.79 Å². The molecule has 0 aromatic heterocycles. The Hall–Kier alpha value is -2.24. The molecule has 1 saturated heterocycles. The fourth-order valence-electron chi connectivity index (χ4n) is 3.34. The van der Waals surface area contributed by atoms with Crippen LogP contribution in [0.5, 0.6) is 11.5 Å². The van der Waals surface area contributed by atoms with Crippen LogP contribution < -0.4 is 9.47 Å². The van der Waals surface area contributed by atoms with E-state index < -0.39 is 12.0 Å². The van der Waals surface area contributed by atoms with E-state index in [4.69, 9.17) is 9.47 Å². The zero-order chi connectivity index (χ0) is 16.4. The first-order valence-corrected chi connectivity index (χ1v) is 7.93. The molecule has 0 bridgehead atoms. The molecule has 0 spiro atoms. The van der Waals surface area contributed by atoms with Crippen LogP contribution in [0.1, 0.15) is 24.8 Å². The monoisotopic (exact) mass is 319 g/mol. The Bertz CT molecular complexity index is 615. The Balaban J connectivity index is 1.76. The highest BCUT2D eigenvalue weighted by Crippen LogP contribution is 2.32. The minimum atomic E-state index is -0.920. The zero-order valence-electron chi connectivity index (χ0n) is 13.2. The van der Waals surface area contributed by atoms with Crippen molar-refractivity contribution in [2.45, 2.75) is 31.7 Å². The van der Waals surface area contributed by atoms with Crippen molar-refractivity contribution in [1.29, 1.82) is 0 Å². The largest absolute Gasteiger partial charge is 0.497 e. The van der Waals surface area contributed by atoms with Gasteiger partial charge in [-0.15, -0.1) is 0 Å². The molecule has 0 radical (unpaired) electrons. The SMILES string of the molecule is COc1ccc2c(c1)CC(C(=O)N1CCCCC1C(=O)O)CO2. The van der Waals surface area contributed by atoms with Crippen molar-refractivity contribution >= 4 is 11.9 Å². The van der Waals surface area contributed by atoms with Crippen LogP contribution in [0.15, 0.2) is 18.2 Å². The van der Waals surface area contributed by atoms with E-state index in [1.165, 1.54) is 4.90 Å². The van der Waals surface area contributed by atoms with Gasteiger partial charge < -0.3 is 19.5 Å². The number of hydrogen-bond donors (Lipinski definition) is 1. The van der Waals surface area contributed by atoms with E-state index in [0.717, 1.165) is 29.9 Å². The topological polar surface area (TPSA) is 76.1 Å². The van der Waals surface area contributed by atoms with Gasteiger partial charge in [0.1, 0.15) is 24.1 Å². The number of carboxylic acid groups (broad SMARTS) is 1. The summed E-state index contributed by atoms with van der Waals surface area (Å²) in [5, 5.41) is 9.34. The van der Waals surface area contributed by atoms with Gasteiger partial charge in [-0.2, -0.15) is 0 Å². The first-order chi connectivity index (χ1) is 11.1. The summed E-state index contributed by atoms with van der Waals surface area (Å²) in [6.07, 6.45) is 2.78. The number of carbonyl (C=O) groups is 2. The van der Waals surface area contributed by atoms with E-state index in [-0.39, 0.29) is 11.8 Å². The second-order valence-electron chi connectivity index (χ2n) is 6.07. The number of carbonyl (C=O) groups excluding carboxylic acids is 1. The fourth-order valence-corrected chi connectivity index (χ4v) is 3.34. The van der Waals surface area contributed by atoms with Crippen LogP contribution in [0, 0.1) is 5.92 Å². The molecule has 2 heterocycles. The van der Waals surface area contributed by atoms with Crippen molar-refractivity contribution in [1.82, 2.24) is 4.90 Å². The molecule has 0 saturated carbocycles. The molecular formula is C17H21NO5. The van der Waals surface area contributed by atoms with Crippen LogP contribution in [0.3, 0.4) is 0 Å². The quantitative estimate of drug-likeness (QED) is 0.918. The highest BCUT2D eigenvalue weighted by atomic mass is 16.5. The van der Waals surface area contributed by atoms with Gasteiger partial charge >= 0.3 is 5.97 Å². The highest BCUT2D eigenvalue weighted by Gasteiger charge is 2.37. The third-order valence-electron chi connectivity index (χ3n) is 4.59. The summed E-state index contributed by atoms with van der Waals surface area (Å²) in [4.78, 5) is 25.7. The van der Waals surface area contributed by atoms with E-state index in [0.29, 0.717) is 26.0 Å². The Labute approximate surface area is 135 Å². The minimum absolute atomic E-state index is 0.120. The number of ether oxygens (including phenoxy) is 2. The Kier molecular flexibility index (Phi) is 4.41. The maximum atomic E-state index is 12.8. The average Bonchev–Trinajstić information content (AvgIpc) is 2.60. The van der Waals surface area contributed by atoms with Gasteiger partial charge in [-0.05, 0) is 49.4 Å². The van der Waals surface area contributed by atoms with Crippen LogP contribution in [0.4, 0.5) is 0 Å². The van der Waals surface area contributed by atoms with Crippen molar-refractivity contribution in [3.05, 3.63) is 23.8 Å². The molecule has 1 aromatic rings. The lowest BCUT2D eigenvalue weighted by molar-refractivity contribution is -0.154. The normalized spacial score (nSPS) is 23.6. The smallest absolute Gasteiger partial charge is 0.326 e. The Morgan fingerprint density at radius 3 is 2.91 bits per heavy atom.